The Balaban J connectivity index is 2.30. The van der Waals surface area contributed by atoms with Crippen LogP contribution in [-0.2, 0) is 4.79 Å². The number of nitro groups is 1. The fourth-order valence-electron chi connectivity index (χ4n) is 2.08. The number of ether oxygens (including phenoxy) is 1. The number of halogens is 1. The van der Waals surface area contributed by atoms with Crippen LogP contribution < -0.4 is 15.4 Å². The molecule has 0 spiro atoms. The maximum absolute atomic E-state index is 13.9. The predicted octanol–water partition coefficient (Wildman–Crippen LogP) is 2.95. The fourth-order valence-corrected chi connectivity index (χ4v) is 2.08. The van der Waals surface area contributed by atoms with Crippen LogP contribution >= 0.6 is 0 Å². The van der Waals surface area contributed by atoms with Gasteiger partial charge in [-0.1, -0.05) is 0 Å². The van der Waals surface area contributed by atoms with Crippen LogP contribution in [0.15, 0.2) is 36.4 Å². The van der Waals surface area contributed by atoms with Crippen LogP contribution in [0.25, 0.3) is 0 Å². The zero-order valence-electron chi connectivity index (χ0n) is 13.3. The normalized spacial score (nSPS) is 10.0. The molecule has 9 heteroatoms. The van der Waals surface area contributed by atoms with Crippen molar-refractivity contribution in [1.29, 1.82) is 0 Å². The molecule has 0 bridgehead atoms. The van der Waals surface area contributed by atoms with E-state index in [1.54, 1.807) is 6.07 Å². The predicted molar refractivity (Wildman–Crippen MR) is 88.3 cm³/mol. The first-order chi connectivity index (χ1) is 11.8. The van der Waals surface area contributed by atoms with Crippen molar-refractivity contribution in [2.24, 2.45) is 0 Å². The van der Waals surface area contributed by atoms with Crippen LogP contribution in [0, 0.1) is 15.9 Å². The molecule has 2 N–H and O–H groups in total. The van der Waals surface area contributed by atoms with Crippen molar-refractivity contribution >= 4 is 28.9 Å². The Bertz CT molecular complexity index is 854. The molecule has 0 fully saturated rings. The molecule has 0 saturated carbocycles. The number of benzene rings is 2. The van der Waals surface area contributed by atoms with Gasteiger partial charge in [-0.3, -0.25) is 19.7 Å². The first-order valence-electron chi connectivity index (χ1n) is 7.02. The molecule has 2 amide bonds. The van der Waals surface area contributed by atoms with Gasteiger partial charge >= 0.3 is 0 Å². The number of anilines is 2. The molecule has 2 aromatic carbocycles. The second-order valence-electron chi connectivity index (χ2n) is 4.97. The molecular formula is C16H14FN3O5. The molecule has 0 aliphatic carbocycles. The number of amides is 2. The molecule has 0 radical (unpaired) electrons. The molecule has 0 aliphatic heterocycles. The van der Waals surface area contributed by atoms with E-state index in [1.807, 2.05) is 0 Å². The van der Waals surface area contributed by atoms with Crippen LogP contribution in [0.2, 0.25) is 0 Å². The van der Waals surface area contributed by atoms with Gasteiger partial charge in [-0.15, -0.1) is 0 Å². The van der Waals surface area contributed by atoms with Crippen molar-refractivity contribution < 1.29 is 23.6 Å². The van der Waals surface area contributed by atoms with Gasteiger partial charge in [-0.05, 0) is 24.3 Å². The van der Waals surface area contributed by atoms with Crippen LogP contribution in [0.5, 0.6) is 5.75 Å². The highest BCUT2D eigenvalue weighted by molar-refractivity contribution is 6.05. The Morgan fingerprint density at radius 2 is 1.88 bits per heavy atom. The topological polar surface area (TPSA) is 111 Å². The number of nitro benzene ring substituents is 1. The number of non-ortho nitro benzene ring substituents is 1. The Hall–Kier alpha value is -3.49. The summed E-state index contributed by atoms with van der Waals surface area (Å²) in [7, 11) is 1.38. The summed E-state index contributed by atoms with van der Waals surface area (Å²) >= 11 is 0. The van der Waals surface area contributed by atoms with Crippen LogP contribution in [0.1, 0.15) is 17.3 Å². The van der Waals surface area contributed by atoms with Gasteiger partial charge in [-0.25, -0.2) is 4.39 Å². The fraction of sp³-hybridized carbons (Fsp3) is 0.125. The van der Waals surface area contributed by atoms with E-state index < -0.39 is 22.3 Å². The Kier molecular flexibility index (Phi) is 5.28. The van der Waals surface area contributed by atoms with Crippen molar-refractivity contribution in [3.63, 3.8) is 0 Å². The summed E-state index contributed by atoms with van der Waals surface area (Å²) in [6.07, 6.45) is 0. The standard InChI is InChI=1S/C16H14FN3O5/c1-9(21)18-10-3-6-15(25-2)14(7-10)19-16(22)12-5-4-11(20(23)24)8-13(12)17/h3-8H,1-2H3,(H,18,21)(H,19,22). The van der Waals surface area contributed by atoms with E-state index in [1.165, 1.54) is 26.2 Å². The van der Waals surface area contributed by atoms with Gasteiger partial charge in [0.1, 0.15) is 11.6 Å². The zero-order valence-corrected chi connectivity index (χ0v) is 13.3. The molecule has 0 atom stereocenters. The van der Waals surface area contributed by atoms with E-state index in [-0.39, 0.29) is 17.2 Å². The van der Waals surface area contributed by atoms with Gasteiger partial charge < -0.3 is 15.4 Å². The lowest BCUT2D eigenvalue weighted by molar-refractivity contribution is -0.385. The number of nitrogens with one attached hydrogen (secondary N) is 2. The lowest BCUT2D eigenvalue weighted by Crippen LogP contribution is -2.15. The summed E-state index contributed by atoms with van der Waals surface area (Å²) < 4.78 is 19.1. The molecule has 25 heavy (non-hydrogen) atoms. The quantitative estimate of drug-likeness (QED) is 0.638. The van der Waals surface area contributed by atoms with Crippen LogP contribution in [-0.4, -0.2) is 23.8 Å². The highest BCUT2D eigenvalue weighted by Gasteiger charge is 2.18. The van der Waals surface area contributed by atoms with E-state index in [0.717, 1.165) is 12.1 Å². The lowest BCUT2D eigenvalue weighted by Gasteiger charge is -2.12. The van der Waals surface area contributed by atoms with Gasteiger partial charge in [0, 0.05) is 18.7 Å². The zero-order chi connectivity index (χ0) is 18.6. The Labute approximate surface area is 141 Å². The molecule has 0 aromatic heterocycles. The average Bonchev–Trinajstić information content (AvgIpc) is 2.54. The van der Waals surface area contributed by atoms with Gasteiger partial charge in [0.2, 0.25) is 5.91 Å². The third-order valence-corrected chi connectivity index (χ3v) is 3.18. The summed E-state index contributed by atoms with van der Waals surface area (Å²) in [6, 6.07) is 7.26. The minimum Gasteiger partial charge on any atom is -0.495 e. The Morgan fingerprint density at radius 1 is 1.16 bits per heavy atom. The monoisotopic (exact) mass is 347 g/mol. The molecule has 2 aromatic rings. The van der Waals surface area contributed by atoms with Gasteiger partial charge in [-0.2, -0.15) is 0 Å². The molecule has 2 rings (SSSR count). The molecule has 0 aliphatic rings. The largest absolute Gasteiger partial charge is 0.495 e. The number of carbonyl (C=O) groups excluding carboxylic acids is 2. The third kappa shape index (κ3) is 4.28. The smallest absolute Gasteiger partial charge is 0.272 e. The minimum absolute atomic E-state index is 0.205. The third-order valence-electron chi connectivity index (χ3n) is 3.18. The van der Waals surface area contributed by atoms with Crippen molar-refractivity contribution in [2.45, 2.75) is 6.92 Å². The summed E-state index contributed by atoms with van der Waals surface area (Å²) in [5, 5.41) is 15.6. The number of hydrogen-bond donors (Lipinski definition) is 2. The highest BCUT2D eigenvalue weighted by Crippen LogP contribution is 2.29. The first kappa shape index (κ1) is 17.9. The maximum atomic E-state index is 13.9. The second kappa shape index (κ2) is 7.39. The van der Waals surface area contributed by atoms with Gasteiger partial charge in [0.25, 0.3) is 11.6 Å². The number of nitrogens with zero attached hydrogens (tertiary/aromatic N) is 1. The minimum atomic E-state index is -1.02. The second-order valence-corrected chi connectivity index (χ2v) is 4.97. The highest BCUT2D eigenvalue weighted by atomic mass is 19.1. The van der Waals surface area contributed by atoms with E-state index >= 15 is 0 Å². The first-order valence-corrected chi connectivity index (χ1v) is 7.02. The van der Waals surface area contributed by atoms with Crippen molar-refractivity contribution in [1.82, 2.24) is 0 Å². The van der Waals surface area contributed by atoms with E-state index in [9.17, 15) is 24.1 Å². The van der Waals surface area contributed by atoms with Crippen LogP contribution in [0.4, 0.5) is 21.5 Å². The lowest BCUT2D eigenvalue weighted by atomic mass is 10.1. The van der Waals surface area contributed by atoms with Crippen LogP contribution in [0.3, 0.4) is 0 Å². The van der Waals surface area contributed by atoms with Crippen molar-refractivity contribution in [2.75, 3.05) is 17.7 Å². The maximum Gasteiger partial charge on any atom is 0.272 e. The number of carbonyl (C=O) groups is 2. The number of hydrogen-bond acceptors (Lipinski definition) is 5. The molecule has 8 nitrogen and oxygen atoms in total. The molecule has 0 unspecified atom stereocenters. The SMILES string of the molecule is COc1ccc(NC(C)=O)cc1NC(=O)c1ccc([N+](=O)[O-])cc1F. The molecular weight excluding hydrogens is 333 g/mol. The Morgan fingerprint density at radius 3 is 2.44 bits per heavy atom. The van der Waals surface area contributed by atoms with E-state index in [2.05, 4.69) is 10.6 Å². The van der Waals surface area contributed by atoms with E-state index in [4.69, 9.17) is 4.74 Å². The van der Waals surface area contributed by atoms with Crippen molar-refractivity contribution in [3.8, 4) is 5.75 Å². The summed E-state index contributed by atoms with van der Waals surface area (Å²) in [5.74, 6) is -1.84. The summed E-state index contributed by atoms with van der Waals surface area (Å²) in [6.45, 7) is 1.33. The number of rotatable bonds is 5. The summed E-state index contributed by atoms with van der Waals surface area (Å²) in [4.78, 5) is 33.2. The van der Waals surface area contributed by atoms with E-state index in [0.29, 0.717) is 17.5 Å². The molecule has 130 valence electrons. The van der Waals surface area contributed by atoms with Crippen molar-refractivity contribution in [3.05, 3.63) is 57.9 Å². The molecule has 0 heterocycles. The molecule has 0 saturated heterocycles. The van der Waals surface area contributed by atoms with Gasteiger partial charge in [0.15, 0.2) is 0 Å². The summed E-state index contributed by atoms with van der Waals surface area (Å²) in [5.41, 5.74) is -0.207. The average molecular weight is 347 g/mol. The number of methoxy groups -OCH3 is 1. The van der Waals surface area contributed by atoms with Gasteiger partial charge in [0.05, 0.1) is 29.4 Å².